The number of amides is 1. The van der Waals surface area contributed by atoms with Gasteiger partial charge in [-0.2, -0.15) is 5.10 Å². The number of carbonyl (C=O) groups excluding carboxylic acids is 1. The first-order valence-corrected chi connectivity index (χ1v) is 6.62. The van der Waals surface area contributed by atoms with Crippen molar-refractivity contribution in [3.63, 3.8) is 0 Å². The van der Waals surface area contributed by atoms with E-state index in [0.29, 0.717) is 22.6 Å². The third-order valence-electron chi connectivity index (χ3n) is 3.03. The number of phenolic OH excluding ortho intramolecular Hbond substituents is 2. The molecule has 0 aliphatic rings. The van der Waals surface area contributed by atoms with E-state index in [2.05, 4.69) is 10.5 Å². The minimum Gasteiger partial charge on any atom is -0.504 e. The van der Waals surface area contributed by atoms with Gasteiger partial charge in [-0.15, -0.1) is 0 Å². The average molecular weight is 316 g/mol. The van der Waals surface area contributed by atoms with Crippen molar-refractivity contribution in [1.82, 2.24) is 5.43 Å². The van der Waals surface area contributed by atoms with Crippen LogP contribution in [0.4, 0.5) is 0 Å². The second kappa shape index (κ2) is 7.17. The molecule has 0 fully saturated rings. The predicted octanol–water partition coefficient (Wildman–Crippen LogP) is 1.88. The summed E-state index contributed by atoms with van der Waals surface area (Å²) in [6.45, 7) is 0. The van der Waals surface area contributed by atoms with E-state index >= 15 is 0 Å². The van der Waals surface area contributed by atoms with Crippen molar-refractivity contribution in [3.05, 3.63) is 47.5 Å². The van der Waals surface area contributed by atoms with Gasteiger partial charge in [0, 0.05) is 6.07 Å². The van der Waals surface area contributed by atoms with Crippen LogP contribution >= 0.6 is 0 Å². The standard InChI is InChI=1S/C16H16N2O5/c1-22-11-4-5-12(15(8-11)23-2)16(21)18-17-9-10-3-6-13(19)14(20)7-10/h3-9,19-20H,1-2H3,(H,18,21)/b17-9-. The number of ether oxygens (including phenoxy) is 2. The lowest BCUT2D eigenvalue weighted by Crippen LogP contribution is -2.18. The number of methoxy groups -OCH3 is 2. The van der Waals surface area contributed by atoms with E-state index in [1.54, 1.807) is 24.3 Å². The molecule has 7 heteroatoms. The molecule has 3 N–H and O–H groups in total. The SMILES string of the molecule is COc1ccc(C(=O)N/N=C\c2ccc(O)c(O)c2)c(OC)c1. The molecule has 2 aromatic carbocycles. The van der Waals surface area contributed by atoms with Crippen molar-refractivity contribution in [1.29, 1.82) is 0 Å². The van der Waals surface area contributed by atoms with Crippen molar-refractivity contribution >= 4 is 12.1 Å². The smallest absolute Gasteiger partial charge is 0.275 e. The maximum Gasteiger partial charge on any atom is 0.275 e. The van der Waals surface area contributed by atoms with Gasteiger partial charge in [-0.05, 0) is 35.9 Å². The quantitative estimate of drug-likeness (QED) is 0.444. The Bertz CT molecular complexity index is 743. The molecule has 0 saturated carbocycles. The minimum atomic E-state index is -0.455. The number of aromatic hydroxyl groups is 2. The maximum atomic E-state index is 12.1. The van der Waals surface area contributed by atoms with E-state index in [-0.39, 0.29) is 11.5 Å². The summed E-state index contributed by atoms with van der Waals surface area (Å²) in [6, 6.07) is 8.98. The Balaban J connectivity index is 2.10. The summed E-state index contributed by atoms with van der Waals surface area (Å²) in [6.07, 6.45) is 1.34. The zero-order chi connectivity index (χ0) is 16.8. The average Bonchev–Trinajstić information content (AvgIpc) is 2.57. The Kier molecular flexibility index (Phi) is 5.03. The highest BCUT2D eigenvalue weighted by Crippen LogP contribution is 2.25. The van der Waals surface area contributed by atoms with Crippen LogP contribution in [0.5, 0.6) is 23.0 Å². The Hall–Kier alpha value is -3.22. The molecule has 0 saturated heterocycles. The van der Waals surface area contributed by atoms with Gasteiger partial charge in [0.1, 0.15) is 11.5 Å². The van der Waals surface area contributed by atoms with Crippen LogP contribution in [0.3, 0.4) is 0 Å². The Morgan fingerprint density at radius 1 is 1.09 bits per heavy atom. The van der Waals surface area contributed by atoms with Gasteiger partial charge < -0.3 is 19.7 Å². The van der Waals surface area contributed by atoms with Crippen LogP contribution in [0.15, 0.2) is 41.5 Å². The summed E-state index contributed by atoms with van der Waals surface area (Å²) in [7, 11) is 2.97. The molecule has 0 atom stereocenters. The topological polar surface area (TPSA) is 100 Å². The first-order chi connectivity index (χ1) is 11.0. The number of phenols is 2. The van der Waals surface area contributed by atoms with Crippen LogP contribution in [0.25, 0.3) is 0 Å². The molecule has 23 heavy (non-hydrogen) atoms. The Labute approximate surface area is 132 Å². The highest BCUT2D eigenvalue weighted by atomic mass is 16.5. The Morgan fingerprint density at radius 2 is 1.87 bits per heavy atom. The molecule has 0 unspecified atom stereocenters. The summed E-state index contributed by atoms with van der Waals surface area (Å²) in [4.78, 5) is 12.1. The molecular formula is C16H16N2O5. The van der Waals surface area contributed by atoms with Gasteiger partial charge in [0.2, 0.25) is 0 Å². The van der Waals surface area contributed by atoms with E-state index in [0.717, 1.165) is 0 Å². The number of rotatable bonds is 5. The highest BCUT2D eigenvalue weighted by molar-refractivity contribution is 5.97. The molecule has 120 valence electrons. The van der Waals surface area contributed by atoms with Crippen molar-refractivity contribution in [2.75, 3.05) is 14.2 Å². The fourth-order valence-electron chi connectivity index (χ4n) is 1.83. The predicted molar refractivity (Wildman–Crippen MR) is 84.4 cm³/mol. The zero-order valence-electron chi connectivity index (χ0n) is 12.6. The monoisotopic (exact) mass is 316 g/mol. The lowest BCUT2D eigenvalue weighted by atomic mass is 10.2. The largest absolute Gasteiger partial charge is 0.504 e. The van der Waals surface area contributed by atoms with Crippen LogP contribution in [0.1, 0.15) is 15.9 Å². The number of hydrogen-bond acceptors (Lipinski definition) is 6. The molecule has 0 aliphatic heterocycles. The van der Waals surface area contributed by atoms with E-state index in [1.165, 1.54) is 32.6 Å². The minimum absolute atomic E-state index is 0.228. The molecule has 2 rings (SSSR count). The summed E-state index contributed by atoms with van der Waals surface area (Å²) < 4.78 is 10.2. The molecule has 0 bridgehead atoms. The highest BCUT2D eigenvalue weighted by Gasteiger charge is 2.12. The molecule has 2 aromatic rings. The molecule has 0 spiro atoms. The van der Waals surface area contributed by atoms with E-state index in [1.807, 2.05) is 0 Å². The van der Waals surface area contributed by atoms with E-state index in [9.17, 15) is 15.0 Å². The number of nitrogens with one attached hydrogen (secondary N) is 1. The fourth-order valence-corrected chi connectivity index (χ4v) is 1.83. The normalized spacial score (nSPS) is 10.5. The van der Waals surface area contributed by atoms with Crippen molar-refractivity contribution in [2.24, 2.45) is 5.10 Å². The van der Waals surface area contributed by atoms with Gasteiger partial charge in [0.25, 0.3) is 5.91 Å². The summed E-state index contributed by atoms with van der Waals surface area (Å²) in [5.74, 6) is -0.0178. The van der Waals surface area contributed by atoms with Crippen molar-refractivity contribution in [3.8, 4) is 23.0 Å². The van der Waals surface area contributed by atoms with Gasteiger partial charge in [-0.3, -0.25) is 4.79 Å². The van der Waals surface area contributed by atoms with Crippen molar-refractivity contribution < 1.29 is 24.5 Å². The third kappa shape index (κ3) is 3.91. The first-order valence-electron chi connectivity index (χ1n) is 6.62. The Morgan fingerprint density at radius 3 is 2.52 bits per heavy atom. The summed E-state index contributed by atoms with van der Waals surface area (Å²) >= 11 is 0. The molecule has 1 amide bonds. The molecule has 7 nitrogen and oxygen atoms in total. The second-order valence-corrected chi connectivity index (χ2v) is 4.51. The molecule has 0 aliphatic carbocycles. The number of hydrogen-bond donors (Lipinski definition) is 3. The van der Waals surface area contributed by atoms with Crippen LogP contribution in [0.2, 0.25) is 0 Å². The lowest BCUT2D eigenvalue weighted by Gasteiger charge is -2.08. The lowest BCUT2D eigenvalue weighted by molar-refractivity contribution is 0.0952. The van der Waals surface area contributed by atoms with Gasteiger partial charge >= 0.3 is 0 Å². The number of carbonyl (C=O) groups is 1. The number of nitrogens with zero attached hydrogens (tertiary/aromatic N) is 1. The fraction of sp³-hybridized carbons (Fsp3) is 0.125. The molecule has 0 heterocycles. The maximum absolute atomic E-state index is 12.1. The van der Waals surface area contributed by atoms with Gasteiger partial charge in [-0.25, -0.2) is 5.43 Å². The number of hydrazone groups is 1. The van der Waals surface area contributed by atoms with Gasteiger partial charge in [-0.1, -0.05) is 0 Å². The third-order valence-corrected chi connectivity index (χ3v) is 3.03. The van der Waals surface area contributed by atoms with Crippen molar-refractivity contribution in [2.45, 2.75) is 0 Å². The second-order valence-electron chi connectivity index (χ2n) is 4.51. The summed E-state index contributed by atoms with van der Waals surface area (Å²) in [5, 5.41) is 22.4. The summed E-state index contributed by atoms with van der Waals surface area (Å²) in [5.41, 5.74) is 3.18. The van der Waals surface area contributed by atoms with E-state index < -0.39 is 5.91 Å². The first kappa shape index (κ1) is 16.2. The van der Waals surface area contributed by atoms with Crippen LogP contribution in [-0.4, -0.2) is 36.6 Å². The molecule has 0 aromatic heterocycles. The zero-order valence-corrected chi connectivity index (χ0v) is 12.6. The molecule has 0 radical (unpaired) electrons. The number of benzene rings is 2. The van der Waals surface area contributed by atoms with Crippen LogP contribution < -0.4 is 14.9 Å². The van der Waals surface area contributed by atoms with Crippen LogP contribution in [-0.2, 0) is 0 Å². The van der Waals surface area contributed by atoms with Crippen LogP contribution in [0, 0.1) is 0 Å². The van der Waals surface area contributed by atoms with Gasteiger partial charge in [0.15, 0.2) is 11.5 Å². The molecular weight excluding hydrogens is 300 g/mol. The van der Waals surface area contributed by atoms with E-state index in [4.69, 9.17) is 9.47 Å². The van der Waals surface area contributed by atoms with Gasteiger partial charge in [0.05, 0.1) is 26.0 Å².